The Morgan fingerprint density at radius 3 is 2.46 bits per heavy atom. The molecule has 1 fully saturated rings. The lowest BCUT2D eigenvalue weighted by Gasteiger charge is -2.52. The molecule has 2 aromatic rings. The normalized spacial score (nSPS) is 23.2. The summed E-state index contributed by atoms with van der Waals surface area (Å²) in [6.07, 6.45) is -0.437. The molecule has 2 aliphatic heterocycles. The lowest BCUT2D eigenvalue weighted by Crippen LogP contribution is -2.62. The predicted molar refractivity (Wildman–Crippen MR) is 137 cm³/mol. The van der Waals surface area contributed by atoms with Gasteiger partial charge in [0.05, 0.1) is 24.6 Å². The molecule has 198 valence electrons. The van der Waals surface area contributed by atoms with Crippen molar-refractivity contribution in [3.05, 3.63) is 69.8 Å². The summed E-state index contributed by atoms with van der Waals surface area (Å²) in [5.41, 5.74) is -0.487. The Labute approximate surface area is 218 Å². The summed E-state index contributed by atoms with van der Waals surface area (Å²) < 4.78 is 23.7. The van der Waals surface area contributed by atoms with Gasteiger partial charge in [-0.2, -0.15) is 5.26 Å². The van der Waals surface area contributed by atoms with E-state index in [1.54, 1.807) is 18.2 Å². The number of nitro groups is 1. The van der Waals surface area contributed by atoms with E-state index in [4.69, 9.17) is 18.9 Å². The topological polar surface area (TPSA) is 107 Å². The van der Waals surface area contributed by atoms with Crippen LogP contribution in [0.25, 0.3) is 0 Å². The number of benzene rings is 2. The van der Waals surface area contributed by atoms with Crippen LogP contribution in [0.3, 0.4) is 0 Å². The third kappa shape index (κ3) is 5.14. The molecular formula is C28H35N3O6. The van der Waals surface area contributed by atoms with Crippen LogP contribution in [-0.2, 0) is 15.0 Å². The quantitative estimate of drug-likeness (QED) is 0.383. The molecule has 0 spiro atoms. The van der Waals surface area contributed by atoms with Crippen LogP contribution >= 0.6 is 0 Å². The third-order valence-corrected chi connectivity index (χ3v) is 7.41. The predicted octanol–water partition coefficient (Wildman–Crippen LogP) is 4.90. The number of likely N-dealkylation sites (N-methyl/N-ethyl adjacent to an activating group) is 1. The van der Waals surface area contributed by atoms with Crippen molar-refractivity contribution in [2.45, 2.75) is 58.1 Å². The molecule has 0 saturated carbocycles. The van der Waals surface area contributed by atoms with E-state index < -0.39 is 41.3 Å². The van der Waals surface area contributed by atoms with Gasteiger partial charge in [0, 0.05) is 4.92 Å². The molecule has 37 heavy (non-hydrogen) atoms. The molecule has 0 aliphatic carbocycles. The molecule has 0 unspecified atom stereocenters. The third-order valence-electron chi connectivity index (χ3n) is 7.41. The van der Waals surface area contributed by atoms with Gasteiger partial charge >= 0.3 is 0 Å². The number of hydrogen-bond donors (Lipinski definition) is 0. The standard InChI is InChI=1S/C28H35N3O6/c1-26(2,3)24(15-31(32)33)28(17-29,20-12-13-22-23(14-20)35-18-34-22)30(6)21-16-36-27(4,5)37-25(21)19-10-8-7-9-11-19/h7-14,21,24-25H,15-16,18H2,1-6H3/t21-,24+,25-,28+/m0/s1. The highest BCUT2D eigenvalue weighted by atomic mass is 16.7. The Balaban J connectivity index is 1.91. The molecule has 0 aromatic heterocycles. The van der Waals surface area contributed by atoms with E-state index >= 15 is 0 Å². The molecular weight excluding hydrogens is 474 g/mol. The SMILES string of the molecule is CN([C@H]1COC(C)(C)O[C@H]1c1ccccc1)[C@](C#N)(c1ccc2c(c1)OCO2)[C@H](C[N+](=O)[O-])C(C)(C)C. The zero-order valence-electron chi connectivity index (χ0n) is 22.3. The number of hydrogen-bond acceptors (Lipinski definition) is 8. The van der Waals surface area contributed by atoms with Gasteiger partial charge in [0.2, 0.25) is 13.3 Å². The highest BCUT2D eigenvalue weighted by molar-refractivity contribution is 5.49. The average Bonchev–Trinajstić information content (AvgIpc) is 3.31. The van der Waals surface area contributed by atoms with E-state index in [9.17, 15) is 15.4 Å². The van der Waals surface area contributed by atoms with Crippen molar-refractivity contribution in [3.8, 4) is 17.6 Å². The van der Waals surface area contributed by atoms with Crippen LogP contribution in [-0.4, -0.2) is 48.6 Å². The molecule has 4 atom stereocenters. The fourth-order valence-electron chi connectivity index (χ4n) is 5.49. The summed E-state index contributed by atoms with van der Waals surface area (Å²) in [4.78, 5) is 13.6. The van der Waals surface area contributed by atoms with Crippen molar-refractivity contribution in [3.63, 3.8) is 0 Å². The molecule has 2 aliphatic rings. The number of nitrogens with zero attached hydrogens (tertiary/aromatic N) is 3. The average molecular weight is 510 g/mol. The Morgan fingerprint density at radius 1 is 1.16 bits per heavy atom. The molecule has 0 N–H and O–H groups in total. The van der Waals surface area contributed by atoms with Gasteiger partial charge in [-0.25, -0.2) is 0 Å². The Bertz CT molecular complexity index is 1170. The summed E-state index contributed by atoms with van der Waals surface area (Å²) in [5.74, 6) is -0.447. The van der Waals surface area contributed by atoms with Crippen LogP contribution in [0.1, 0.15) is 51.8 Å². The number of ether oxygens (including phenoxy) is 4. The maximum absolute atomic E-state index is 12.0. The number of nitriles is 1. The van der Waals surface area contributed by atoms with Crippen LogP contribution in [0.2, 0.25) is 0 Å². The van der Waals surface area contributed by atoms with Crippen molar-refractivity contribution in [1.29, 1.82) is 5.26 Å². The van der Waals surface area contributed by atoms with Crippen molar-refractivity contribution < 1.29 is 23.9 Å². The van der Waals surface area contributed by atoms with Crippen LogP contribution in [0.5, 0.6) is 11.5 Å². The fraction of sp³-hybridized carbons (Fsp3) is 0.536. The summed E-state index contributed by atoms with van der Waals surface area (Å²) in [5, 5.41) is 23.0. The molecule has 0 bridgehead atoms. The van der Waals surface area contributed by atoms with E-state index in [1.807, 2.05) is 76.9 Å². The van der Waals surface area contributed by atoms with Gasteiger partial charge in [-0.15, -0.1) is 0 Å². The Morgan fingerprint density at radius 2 is 1.84 bits per heavy atom. The molecule has 1 saturated heterocycles. The number of rotatable bonds is 7. The van der Waals surface area contributed by atoms with Crippen molar-refractivity contribution >= 4 is 0 Å². The zero-order chi connectivity index (χ0) is 27.0. The van der Waals surface area contributed by atoms with E-state index in [2.05, 4.69) is 6.07 Å². The lowest BCUT2D eigenvalue weighted by atomic mass is 9.65. The van der Waals surface area contributed by atoms with E-state index in [-0.39, 0.29) is 18.3 Å². The van der Waals surface area contributed by atoms with E-state index in [0.29, 0.717) is 17.1 Å². The van der Waals surface area contributed by atoms with E-state index in [0.717, 1.165) is 5.56 Å². The van der Waals surface area contributed by atoms with Crippen LogP contribution in [0, 0.1) is 32.8 Å². The molecule has 9 heteroatoms. The molecule has 9 nitrogen and oxygen atoms in total. The first kappa shape index (κ1) is 26.9. The lowest BCUT2D eigenvalue weighted by molar-refractivity contribution is -0.495. The Hall–Kier alpha value is -3.19. The van der Waals surface area contributed by atoms with Gasteiger partial charge in [-0.1, -0.05) is 57.2 Å². The summed E-state index contributed by atoms with van der Waals surface area (Å²) >= 11 is 0. The van der Waals surface area contributed by atoms with Crippen LogP contribution in [0.15, 0.2) is 48.5 Å². The molecule has 2 aromatic carbocycles. The highest BCUT2D eigenvalue weighted by Gasteiger charge is 2.56. The second-order valence-corrected chi connectivity index (χ2v) is 11.2. The van der Waals surface area contributed by atoms with Crippen LogP contribution < -0.4 is 9.47 Å². The Kier molecular flexibility index (Phi) is 7.21. The first-order chi connectivity index (χ1) is 17.4. The van der Waals surface area contributed by atoms with Gasteiger partial charge < -0.3 is 18.9 Å². The van der Waals surface area contributed by atoms with Crippen molar-refractivity contribution in [2.24, 2.45) is 11.3 Å². The van der Waals surface area contributed by atoms with Gasteiger partial charge in [-0.3, -0.25) is 15.0 Å². The van der Waals surface area contributed by atoms with E-state index in [1.165, 1.54) is 0 Å². The molecule has 4 rings (SSSR count). The molecule has 2 heterocycles. The second kappa shape index (κ2) is 9.93. The summed E-state index contributed by atoms with van der Waals surface area (Å²) in [6, 6.07) is 17.2. The summed E-state index contributed by atoms with van der Waals surface area (Å²) in [6.45, 7) is 9.47. The molecule has 0 amide bonds. The van der Waals surface area contributed by atoms with Crippen molar-refractivity contribution in [2.75, 3.05) is 27.0 Å². The summed E-state index contributed by atoms with van der Waals surface area (Å²) in [7, 11) is 1.83. The van der Waals surface area contributed by atoms with Gasteiger partial charge in [-0.05, 0) is 49.6 Å². The highest BCUT2D eigenvalue weighted by Crippen LogP contribution is 2.49. The molecule has 0 radical (unpaired) electrons. The van der Waals surface area contributed by atoms with Gasteiger partial charge in [0.15, 0.2) is 17.3 Å². The smallest absolute Gasteiger partial charge is 0.231 e. The first-order valence-electron chi connectivity index (χ1n) is 12.4. The minimum atomic E-state index is -1.42. The zero-order valence-corrected chi connectivity index (χ0v) is 22.3. The fourth-order valence-corrected chi connectivity index (χ4v) is 5.49. The maximum Gasteiger partial charge on any atom is 0.231 e. The minimum absolute atomic E-state index is 0.0846. The minimum Gasteiger partial charge on any atom is -0.454 e. The van der Waals surface area contributed by atoms with Gasteiger partial charge in [0.1, 0.15) is 11.6 Å². The second-order valence-electron chi connectivity index (χ2n) is 11.2. The van der Waals surface area contributed by atoms with Crippen LogP contribution in [0.4, 0.5) is 0 Å². The van der Waals surface area contributed by atoms with Crippen molar-refractivity contribution in [1.82, 2.24) is 4.90 Å². The first-order valence-corrected chi connectivity index (χ1v) is 12.4. The monoisotopic (exact) mass is 509 g/mol. The maximum atomic E-state index is 12.0. The number of fused-ring (bicyclic) bond motifs is 1. The van der Waals surface area contributed by atoms with Gasteiger partial charge in [0.25, 0.3) is 0 Å². The largest absolute Gasteiger partial charge is 0.454 e.